The predicted octanol–water partition coefficient (Wildman–Crippen LogP) is 3.17. The molecule has 2 rings (SSSR count). The summed E-state index contributed by atoms with van der Waals surface area (Å²) in [6.07, 6.45) is 0. The van der Waals surface area contributed by atoms with E-state index >= 15 is 0 Å². The van der Waals surface area contributed by atoms with Gasteiger partial charge in [-0.2, -0.15) is 0 Å². The van der Waals surface area contributed by atoms with Crippen LogP contribution in [-0.2, 0) is 6.61 Å². The molecule has 0 aliphatic heterocycles. The minimum atomic E-state index is 0.0703. The zero-order valence-electron chi connectivity index (χ0n) is 11.2. The van der Waals surface area contributed by atoms with Crippen molar-refractivity contribution in [2.24, 2.45) is 5.73 Å². The molecule has 0 amide bonds. The molecular formula is C16H18N2O. The van der Waals surface area contributed by atoms with Gasteiger partial charge in [0.15, 0.2) is 0 Å². The maximum atomic E-state index is 7.33. The number of hydrogen-bond acceptors (Lipinski definition) is 2. The van der Waals surface area contributed by atoms with Crippen LogP contribution in [0.2, 0.25) is 0 Å². The SMILES string of the molecule is Cc1ccc(COc2ccc(C(=N)N)cc2)c(C)c1. The lowest BCUT2D eigenvalue weighted by Gasteiger charge is -2.10. The number of amidine groups is 1. The Labute approximate surface area is 113 Å². The van der Waals surface area contributed by atoms with Crippen LogP contribution in [0.5, 0.6) is 5.75 Å². The van der Waals surface area contributed by atoms with E-state index in [9.17, 15) is 0 Å². The van der Waals surface area contributed by atoms with Gasteiger partial charge in [-0.15, -0.1) is 0 Å². The highest BCUT2D eigenvalue weighted by molar-refractivity contribution is 5.94. The highest BCUT2D eigenvalue weighted by Gasteiger charge is 2.01. The molecule has 2 aromatic rings. The average Bonchev–Trinajstić information content (AvgIpc) is 2.38. The van der Waals surface area contributed by atoms with Gasteiger partial charge >= 0.3 is 0 Å². The number of aryl methyl sites for hydroxylation is 2. The van der Waals surface area contributed by atoms with Crippen molar-refractivity contribution in [1.82, 2.24) is 0 Å². The molecule has 0 aromatic heterocycles. The summed E-state index contributed by atoms with van der Waals surface area (Å²) < 4.78 is 5.74. The highest BCUT2D eigenvalue weighted by atomic mass is 16.5. The zero-order chi connectivity index (χ0) is 13.8. The van der Waals surface area contributed by atoms with Crippen molar-refractivity contribution in [3.63, 3.8) is 0 Å². The Morgan fingerprint density at radius 2 is 1.79 bits per heavy atom. The van der Waals surface area contributed by atoms with Crippen LogP contribution in [0.3, 0.4) is 0 Å². The largest absolute Gasteiger partial charge is 0.489 e. The summed E-state index contributed by atoms with van der Waals surface area (Å²) in [5, 5.41) is 7.33. The van der Waals surface area contributed by atoms with Crippen molar-refractivity contribution in [2.45, 2.75) is 20.5 Å². The van der Waals surface area contributed by atoms with Crippen molar-refractivity contribution in [3.8, 4) is 5.75 Å². The van der Waals surface area contributed by atoms with Crippen LogP contribution in [0.1, 0.15) is 22.3 Å². The maximum absolute atomic E-state index is 7.33. The zero-order valence-corrected chi connectivity index (χ0v) is 11.2. The Kier molecular flexibility index (Phi) is 3.85. The normalized spacial score (nSPS) is 10.2. The maximum Gasteiger partial charge on any atom is 0.122 e. The minimum absolute atomic E-state index is 0.0703. The molecule has 0 unspecified atom stereocenters. The first kappa shape index (κ1) is 13.1. The number of nitrogen functional groups attached to an aromatic ring is 1. The van der Waals surface area contributed by atoms with Crippen LogP contribution in [-0.4, -0.2) is 5.84 Å². The van der Waals surface area contributed by atoms with Crippen molar-refractivity contribution in [3.05, 3.63) is 64.7 Å². The highest BCUT2D eigenvalue weighted by Crippen LogP contribution is 2.16. The number of rotatable bonds is 4. The molecule has 0 heterocycles. The molecule has 2 aromatic carbocycles. The standard InChI is InChI=1S/C16H18N2O/c1-11-3-4-14(12(2)9-11)10-19-15-7-5-13(6-8-15)16(17)18/h3-9H,10H2,1-2H3,(H3,17,18). The molecule has 0 aliphatic rings. The van der Waals surface area contributed by atoms with E-state index in [1.54, 1.807) is 12.1 Å². The molecule has 0 saturated heterocycles. The number of benzene rings is 2. The third-order valence-corrected chi connectivity index (χ3v) is 3.06. The Morgan fingerprint density at radius 3 is 2.37 bits per heavy atom. The molecule has 19 heavy (non-hydrogen) atoms. The molecule has 0 fully saturated rings. The van der Waals surface area contributed by atoms with Gasteiger partial charge in [0.05, 0.1) is 0 Å². The van der Waals surface area contributed by atoms with E-state index in [0.29, 0.717) is 12.2 Å². The summed E-state index contributed by atoms with van der Waals surface area (Å²) in [5.74, 6) is 0.853. The van der Waals surface area contributed by atoms with Crippen LogP contribution in [0.4, 0.5) is 0 Å². The summed E-state index contributed by atoms with van der Waals surface area (Å²) in [5.41, 5.74) is 9.79. The van der Waals surface area contributed by atoms with Crippen LogP contribution in [0, 0.1) is 19.3 Å². The van der Waals surface area contributed by atoms with Crippen molar-refractivity contribution < 1.29 is 4.74 Å². The summed E-state index contributed by atoms with van der Waals surface area (Å²) in [7, 11) is 0. The van der Waals surface area contributed by atoms with E-state index in [1.165, 1.54) is 16.7 Å². The van der Waals surface area contributed by atoms with Gasteiger partial charge in [0.2, 0.25) is 0 Å². The Morgan fingerprint density at radius 1 is 1.11 bits per heavy atom. The second kappa shape index (κ2) is 5.57. The predicted molar refractivity (Wildman–Crippen MR) is 77.7 cm³/mol. The first-order valence-corrected chi connectivity index (χ1v) is 6.19. The van der Waals surface area contributed by atoms with E-state index in [2.05, 4.69) is 32.0 Å². The van der Waals surface area contributed by atoms with Gasteiger partial charge in [-0.3, -0.25) is 5.41 Å². The average molecular weight is 254 g/mol. The topological polar surface area (TPSA) is 59.1 Å². The smallest absolute Gasteiger partial charge is 0.122 e. The van der Waals surface area contributed by atoms with Crippen molar-refractivity contribution in [2.75, 3.05) is 0 Å². The van der Waals surface area contributed by atoms with Crippen LogP contribution in [0.15, 0.2) is 42.5 Å². The Balaban J connectivity index is 2.04. The van der Waals surface area contributed by atoms with Gasteiger partial charge in [0, 0.05) is 5.56 Å². The van der Waals surface area contributed by atoms with E-state index in [4.69, 9.17) is 15.9 Å². The van der Waals surface area contributed by atoms with Crippen LogP contribution in [0.25, 0.3) is 0 Å². The second-order valence-corrected chi connectivity index (χ2v) is 4.66. The summed E-state index contributed by atoms with van der Waals surface area (Å²) in [6.45, 7) is 4.72. The van der Waals surface area contributed by atoms with Gasteiger partial charge in [-0.25, -0.2) is 0 Å². The van der Waals surface area contributed by atoms with Crippen molar-refractivity contribution >= 4 is 5.84 Å². The first-order valence-electron chi connectivity index (χ1n) is 6.19. The van der Waals surface area contributed by atoms with Crippen molar-refractivity contribution in [1.29, 1.82) is 5.41 Å². The fourth-order valence-electron chi connectivity index (χ4n) is 1.90. The van der Waals surface area contributed by atoms with E-state index in [0.717, 1.165) is 5.75 Å². The Bertz CT molecular complexity index is 588. The summed E-state index contributed by atoms with van der Waals surface area (Å²) in [4.78, 5) is 0. The monoisotopic (exact) mass is 254 g/mol. The molecule has 0 spiro atoms. The van der Waals surface area contributed by atoms with Crippen LogP contribution >= 0.6 is 0 Å². The number of nitrogens with one attached hydrogen (secondary N) is 1. The second-order valence-electron chi connectivity index (χ2n) is 4.66. The van der Waals surface area contributed by atoms with Gasteiger partial charge in [-0.05, 0) is 49.2 Å². The molecule has 98 valence electrons. The molecule has 0 radical (unpaired) electrons. The fourth-order valence-corrected chi connectivity index (χ4v) is 1.90. The molecule has 0 bridgehead atoms. The first-order chi connectivity index (χ1) is 9.06. The third-order valence-electron chi connectivity index (χ3n) is 3.06. The minimum Gasteiger partial charge on any atom is -0.489 e. The third kappa shape index (κ3) is 3.35. The summed E-state index contributed by atoms with van der Waals surface area (Å²) in [6, 6.07) is 13.6. The lowest BCUT2D eigenvalue weighted by Crippen LogP contribution is -2.10. The van der Waals surface area contributed by atoms with Crippen LogP contribution < -0.4 is 10.5 Å². The number of hydrogen-bond donors (Lipinski definition) is 2. The van der Waals surface area contributed by atoms with E-state index in [1.807, 2.05) is 12.1 Å². The lowest BCUT2D eigenvalue weighted by atomic mass is 10.1. The Hall–Kier alpha value is -2.29. The molecule has 3 N–H and O–H groups in total. The number of nitrogens with two attached hydrogens (primary N) is 1. The van der Waals surface area contributed by atoms with Gasteiger partial charge < -0.3 is 10.5 Å². The fraction of sp³-hybridized carbons (Fsp3) is 0.188. The van der Waals surface area contributed by atoms with E-state index in [-0.39, 0.29) is 5.84 Å². The quantitative estimate of drug-likeness (QED) is 0.650. The molecule has 3 heteroatoms. The number of ether oxygens (including phenoxy) is 1. The molecule has 0 atom stereocenters. The van der Waals surface area contributed by atoms with Gasteiger partial charge in [0.1, 0.15) is 18.2 Å². The molecular weight excluding hydrogens is 236 g/mol. The van der Waals surface area contributed by atoms with Gasteiger partial charge in [0.25, 0.3) is 0 Å². The van der Waals surface area contributed by atoms with E-state index < -0.39 is 0 Å². The molecule has 0 saturated carbocycles. The van der Waals surface area contributed by atoms with Gasteiger partial charge in [-0.1, -0.05) is 23.8 Å². The summed E-state index contributed by atoms with van der Waals surface area (Å²) >= 11 is 0. The molecule has 0 aliphatic carbocycles. The lowest BCUT2D eigenvalue weighted by molar-refractivity contribution is 0.305. The molecule has 3 nitrogen and oxygen atoms in total.